The number of hydrogen-bond donors (Lipinski definition) is 1. The summed E-state index contributed by atoms with van der Waals surface area (Å²) in [5, 5.41) is 10.2. The second kappa shape index (κ2) is 6.23. The van der Waals surface area contributed by atoms with Crippen LogP contribution >= 0.6 is 22.7 Å². The van der Waals surface area contributed by atoms with Crippen molar-refractivity contribution in [3.8, 4) is 10.6 Å². The van der Waals surface area contributed by atoms with Crippen LogP contribution in [-0.2, 0) is 11.3 Å². The minimum absolute atomic E-state index is 0.0519. The second-order valence-corrected chi connectivity index (χ2v) is 7.09. The SMILES string of the molecule is O=C1CN(Cc2ccccc2)[C@H](c2csc(-c3ccsc3)n2)N1. The molecule has 6 heteroatoms. The van der Waals surface area contributed by atoms with E-state index in [1.807, 2.05) is 23.6 Å². The van der Waals surface area contributed by atoms with Gasteiger partial charge in [0.25, 0.3) is 0 Å². The fourth-order valence-electron chi connectivity index (χ4n) is 2.72. The highest BCUT2D eigenvalue weighted by molar-refractivity contribution is 7.14. The van der Waals surface area contributed by atoms with Crippen LogP contribution in [0.1, 0.15) is 17.4 Å². The number of aromatic nitrogens is 1. The molecule has 1 aliphatic rings. The highest BCUT2D eigenvalue weighted by Gasteiger charge is 2.32. The largest absolute Gasteiger partial charge is 0.334 e. The van der Waals surface area contributed by atoms with E-state index in [2.05, 4.69) is 39.2 Å². The molecule has 1 saturated heterocycles. The molecule has 0 aliphatic carbocycles. The Bertz CT molecular complexity index is 798. The summed E-state index contributed by atoms with van der Waals surface area (Å²) in [6, 6.07) is 12.3. The smallest absolute Gasteiger partial charge is 0.235 e. The van der Waals surface area contributed by atoms with E-state index >= 15 is 0 Å². The van der Waals surface area contributed by atoms with E-state index in [0.717, 1.165) is 22.8 Å². The van der Waals surface area contributed by atoms with Gasteiger partial charge in [-0.1, -0.05) is 30.3 Å². The van der Waals surface area contributed by atoms with Crippen molar-refractivity contribution in [1.29, 1.82) is 0 Å². The van der Waals surface area contributed by atoms with E-state index < -0.39 is 0 Å². The first-order chi connectivity index (χ1) is 11.3. The average Bonchev–Trinajstić information content (AvgIpc) is 3.27. The van der Waals surface area contributed by atoms with Crippen molar-refractivity contribution < 1.29 is 4.79 Å². The molecule has 1 amide bonds. The number of thiazole rings is 1. The standard InChI is InChI=1S/C17H15N3OS2/c21-15-9-20(8-12-4-2-1-3-5-12)16(19-15)14-11-23-17(18-14)13-6-7-22-10-13/h1-7,10-11,16H,8-9H2,(H,19,21)/t16-/m1/s1. The molecule has 0 spiro atoms. The van der Waals surface area contributed by atoms with Gasteiger partial charge < -0.3 is 5.32 Å². The van der Waals surface area contributed by atoms with Crippen LogP contribution in [0.3, 0.4) is 0 Å². The van der Waals surface area contributed by atoms with Crippen LogP contribution in [0.4, 0.5) is 0 Å². The molecule has 1 N–H and O–H groups in total. The molecular weight excluding hydrogens is 326 g/mol. The highest BCUT2D eigenvalue weighted by atomic mass is 32.1. The van der Waals surface area contributed by atoms with Gasteiger partial charge in [0.2, 0.25) is 5.91 Å². The third-order valence-electron chi connectivity index (χ3n) is 3.81. The number of hydrogen-bond acceptors (Lipinski definition) is 5. The lowest BCUT2D eigenvalue weighted by Gasteiger charge is -2.21. The number of carbonyl (C=O) groups excluding carboxylic acids is 1. The maximum absolute atomic E-state index is 11.9. The Morgan fingerprint density at radius 2 is 2.09 bits per heavy atom. The number of amides is 1. The van der Waals surface area contributed by atoms with E-state index in [1.54, 1.807) is 22.7 Å². The third kappa shape index (κ3) is 3.06. The molecule has 4 rings (SSSR count). The monoisotopic (exact) mass is 341 g/mol. The Morgan fingerprint density at radius 3 is 2.87 bits per heavy atom. The zero-order valence-electron chi connectivity index (χ0n) is 12.3. The van der Waals surface area contributed by atoms with E-state index in [1.165, 1.54) is 5.56 Å². The van der Waals surface area contributed by atoms with E-state index in [4.69, 9.17) is 4.98 Å². The van der Waals surface area contributed by atoms with Gasteiger partial charge in [-0.25, -0.2) is 4.98 Å². The van der Waals surface area contributed by atoms with Gasteiger partial charge in [0.05, 0.1) is 12.2 Å². The predicted molar refractivity (Wildman–Crippen MR) is 93.2 cm³/mol. The number of rotatable bonds is 4. The number of benzene rings is 1. The van der Waals surface area contributed by atoms with Crippen molar-refractivity contribution in [2.24, 2.45) is 0 Å². The first kappa shape index (κ1) is 14.6. The zero-order valence-corrected chi connectivity index (χ0v) is 13.9. The molecule has 23 heavy (non-hydrogen) atoms. The molecular formula is C17H15N3OS2. The zero-order chi connectivity index (χ0) is 15.6. The Balaban J connectivity index is 1.58. The maximum Gasteiger partial charge on any atom is 0.235 e. The summed E-state index contributed by atoms with van der Waals surface area (Å²) in [6.45, 7) is 1.14. The van der Waals surface area contributed by atoms with E-state index in [9.17, 15) is 4.79 Å². The van der Waals surface area contributed by atoms with Crippen LogP contribution in [0, 0.1) is 0 Å². The van der Waals surface area contributed by atoms with Crippen molar-refractivity contribution in [3.63, 3.8) is 0 Å². The molecule has 116 valence electrons. The quantitative estimate of drug-likeness (QED) is 0.790. The number of thiophene rings is 1. The Hall–Kier alpha value is -2.02. The molecule has 1 aliphatic heterocycles. The van der Waals surface area contributed by atoms with Gasteiger partial charge in [-0.3, -0.25) is 9.69 Å². The first-order valence-corrected chi connectivity index (χ1v) is 9.17. The number of nitrogens with one attached hydrogen (secondary N) is 1. The molecule has 4 nitrogen and oxygen atoms in total. The van der Waals surface area contributed by atoms with Crippen molar-refractivity contribution in [3.05, 3.63) is 63.8 Å². The normalized spacial score (nSPS) is 18.3. The van der Waals surface area contributed by atoms with Crippen LogP contribution < -0.4 is 5.32 Å². The van der Waals surface area contributed by atoms with Gasteiger partial charge in [-0.15, -0.1) is 11.3 Å². The summed E-state index contributed by atoms with van der Waals surface area (Å²) < 4.78 is 0. The Morgan fingerprint density at radius 1 is 1.22 bits per heavy atom. The van der Waals surface area contributed by atoms with Gasteiger partial charge in [0.1, 0.15) is 11.2 Å². The van der Waals surface area contributed by atoms with Gasteiger partial charge in [0, 0.05) is 22.9 Å². The Labute approximate surface area is 142 Å². The number of carbonyl (C=O) groups is 1. The molecule has 3 heterocycles. The van der Waals surface area contributed by atoms with Crippen molar-refractivity contribution in [1.82, 2.24) is 15.2 Å². The van der Waals surface area contributed by atoms with Crippen LogP contribution in [-0.4, -0.2) is 22.3 Å². The molecule has 0 saturated carbocycles. The lowest BCUT2D eigenvalue weighted by atomic mass is 10.2. The summed E-state index contributed by atoms with van der Waals surface area (Å²) in [6.07, 6.45) is -0.147. The topological polar surface area (TPSA) is 45.2 Å². The van der Waals surface area contributed by atoms with Crippen LogP contribution in [0.2, 0.25) is 0 Å². The molecule has 1 atom stereocenters. The fourth-order valence-corrected chi connectivity index (χ4v) is 4.27. The van der Waals surface area contributed by atoms with Crippen molar-refractivity contribution in [2.45, 2.75) is 12.7 Å². The lowest BCUT2D eigenvalue weighted by molar-refractivity contribution is -0.118. The Kier molecular flexibility index (Phi) is 3.95. The van der Waals surface area contributed by atoms with Crippen molar-refractivity contribution in [2.75, 3.05) is 6.54 Å². The van der Waals surface area contributed by atoms with Crippen LogP contribution in [0.5, 0.6) is 0 Å². The van der Waals surface area contributed by atoms with Crippen molar-refractivity contribution >= 4 is 28.6 Å². The van der Waals surface area contributed by atoms with Gasteiger partial charge in [0.15, 0.2) is 0 Å². The predicted octanol–water partition coefficient (Wildman–Crippen LogP) is 3.50. The molecule has 3 aromatic rings. The molecule has 0 radical (unpaired) electrons. The summed E-state index contributed by atoms with van der Waals surface area (Å²) in [5.41, 5.74) is 3.26. The maximum atomic E-state index is 11.9. The minimum Gasteiger partial charge on any atom is -0.334 e. The van der Waals surface area contributed by atoms with Crippen LogP contribution in [0.15, 0.2) is 52.5 Å². The lowest BCUT2D eigenvalue weighted by Crippen LogP contribution is -2.27. The summed E-state index contributed by atoms with van der Waals surface area (Å²) in [7, 11) is 0. The van der Waals surface area contributed by atoms with Crippen LogP contribution in [0.25, 0.3) is 10.6 Å². The summed E-state index contributed by atoms with van der Waals surface area (Å²) in [5.74, 6) is 0.0519. The molecule has 0 unspecified atom stereocenters. The molecule has 1 aromatic carbocycles. The molecule has 1 fully saturated rings. The molecule has 2 aromatic heterocycles. The summed E-state index contributed by atoms with van der Waals surface area (Å²) >= 11 is 3.29. The first-order valence-electron chi connectivity index (χ1n) is 7.35. The molecule has 0 bridgehead atoms. The summed E-state index contributed by atoms with van der Waals surface area (Å²) in [4.78, 5) is 18.7. The minimum atomic E-state index is -0.147. The number of nitrogens with zero attached hydrogens (tertiary/aromatic N) is 2. The van der Waals surface area contributed by atoms with Gasteiger partial charge >= 0.3 is 0 Å². The highest BCUT2D eigenvalue weighted by Crippen LogP contribution is 2.30. The second-order valence-electron chi connectivity index (χ2n) is 5.45. The fraction of sp³-hybridized carbons (Fsp3) is 0.176. The van der Waals surface area contributed by atoms with E-state index in [-0.39, 0.29) is 12.1 Å². The van der Waals surface area contributed by atoms with E-state index in [0.29, 0.717) is 6.54 Å². The van der Waals surface area contributed by atoms with Gasteiger partial charge in [-0.2, -0.15) is 11.3 Å². The third-order valence-corrected chi connectivity index (χ3v) is 5.40. The average molecular weight is 341 g/mol. The van der Waals surface area contributed by atoms with Gasteiger partial charge in [-0.05, 0) is 17.0 Å².